The molecule has 0 fully saturated rings. The molecule has 0 atom stereocenters. The number of rotatable bonds is 30. The van der Waals surface area contributed by atoms with Crippen LogP contribution in [0, 0.1) is 0 Å². The Bertz CT molecular complexity index is 1620. The highest BCUT2D eigenvalue weighted by molar-refractivity contribution is 5.79. The number of ether oxygens (including phenoxy) is 4. The molecule has 4 aromatic rings. The number of amides is 1. The van der Waals surface area contributed by atoms with Crippen molar-refractivity contribution in [3.05, 3.63) is 96.1 Å². The van der Waals surface area contributed by atoms with Crippen molar-refractivity contribution in [3.8, 4) is 45.3 Å². The summed E-state index contributed by atoms with van der Waals surface area (Å²) in [5.74, 6) is 3.37. The van der Waals surface area contributed by atoms with Crippen molar-refractivity contribution in [3.63, 3.8) is 0 Å². The van der Waals surface area contributed by atoms with Gasteiger partial charge in [-0.2, -0.15) is 0 Å². The van der Waals surface area contributed by atoms with Crippen LogP contribution >= 0.6 is 0 Å². The van der Waals surface area contributed by atoms with Crippen molar-refractivity contribution in [1.82, 2.24) is 5.32 Å². The summed E-state index contributed by atoms with van der Waals surface area (Å²) in [6, 6.07) is 29.1. The molecule has 0 aliphatic rings. The van der Waals surface area contributed by atoms with Crippen LogP contribution in [0.5, 0.6) is 23.0 Å². The Labute approximate surface area is 345 Å². The molecule has 0 radical (unpaired) electrons. The number of unbranched alkanes of at least 4 members (excludes halogenated alkanes) is 12. The van der Waals surface area contributed by atoms with Crippen LogP contribution in [0.25, 0.3) is 22.3 Å². The molecule has 6 heteroatoms. The molecule has 0 aliphatic carbocycles. The minimum Gasteiger partial charge on any atom is -0.493 e. The average Bonchev–Trinajstić information content (AvgIpc) is 3.23. The summed E-state index contributed by atoms with van der Waals surface area (Å²) < 4.78 is 24.7. The lowest BCUT2D eigenvalue weighted by Gasteiger charge is -2.14. The average molecular weight is 778 g/mol. The summed E-state index contributed by atoms with van der Waals surface area (Å²) in [6.07, 6.45) is 19.0. The molecule has 1 amide bonds. The molecule has 0 aromatic heterocycles. The summed E-state index contributed by atoms with van der Waals surface area (Å²) in [5.41, 5.74) is 6.30. The fraction of sp³-hybridized carbons (Fsp3) is 0.510. The molecule has 0 heterocycles. The molecule has 0 saturated carbocycles. The third kappa shape index (κ3) is 17.7. The standard InChI is InChI=1S/C51H71NO5/c1-5-9-13-17-29-54-47-34-45(35-48(38-47)55-30-18-14-10-6-2)43-25-21-41(22-26-43)33-51(53)52-40-42-23-27-44(28-24-42)46-36-49(56-31-19-15-11-7-3)39-50(37-46)57-32-20-16-12-8-4/h21-28,34-39H,5-20,29-33,40H2,1-4H3,(H,52,53). The molecule has 4 rings (SSSR count). The maximum Gasteiger partial charge on any atom is 0.224 e. The molecule has 6 nitrogen and oxygen atoms in total. The van der Waals surface area contributed by atoms with Crippen molar-refractivity contribution in [1.29, 1.82) is 0 Å². The largest absolute Gasteiger partial charge is 0.493 e. The van der Waals surface area contributed by atoms with Gasteiger partial charge >= 0.3 is 0 Å². The van der Waals surface area contributed by atoms with E-state index in [9.17, 15) is 4.79 Å². The van der Waals surface area contributed by atoms with Gasteiger partial charge in [-0.05, 0) is 83.3 Å². The Hall–Kier alpha value is -4.45. The number of carbonyl (C=O) groups is 1. The summed E-state index contributed by atoms with van der Waals surface area (Å²) in [7, 11) is 0. The van der Waals surface area contributed by atoms with Gasteiger partial charge in [-0.15, -0.1) is 0 Å². The van der Waals surface area contributed by atoms with Gasteiger partial charge in [0.1, 0.15) is 23.0 Å². The molecular weight excluding hydrogens is 707 g/mol. The molecule has 1 N–H and O–H groups in total. The summed E-state index contributed by atoms with van der Waals surface area (Å²) in [5, 5.41) is 3.11. The predicted octanol–water partition coefficient (Wildman–Crippen LogP) is 13.7. The zero-order chi connectivity index (χ0) is 40.3. The first-order chi connectivity index (χ1) is 28.0. The Kier molecular flexibility index (Phi) is 21.6. The highest BCUT2D eigenvalue weighted by Crippen LogP contribution is 2.32. The van der Waals surface area contributed by atoms with Crippen molar-refractivity contribution < 1.29 is 23.7 Å². The molecule has 0 unspecified atom stereocenters. The van der Waals surface area contributed by atoms with Gasteiger partial charge in [-0.1, -0.05) is 153 Å². The SMILES string of the molecule is CCCCCCOc1cc(OCCCCCC)cc(-c2ccc(CNC(=O)Cc3ccc(-c4cc(OCCCCCC)cc(OCCCCCC)c4)cc3)cc2)c1. The first-order valence-corrected chi connectivity index (χ1v) is 22.3. The second-order valence-corrected chi connectivity index (χ2v) is 15.4. The Morgan fingerprint density at radius 1 is 0.404 bits per heavy atom. The summed E-state index contributed by atoms with van der Waals surface area (Å²) in [6.45, 7) is 12.2. The second kappa shape index (κ2) is 27.2. The van der Waals surface area contributed by atoms with Gasteiger partial charge < -0.3 is 24.3 Å². The lowest BCUT2D eigenvalue weighted by atomic mass is 10.0. The van der Waals surface area contributed by atoms with E-state index in [1.165, 1.54) is 77.0 Å². The van der Waals surface area contributed by atoms with Crippen LogP contribution in [0.2, 0.25) is 0 Å². The van der Waals surface area contributed by atoms with E-state index in [0.717, 1.165) is 82.1 Å². The van der Waals surface area contributed by atoms with Crippen LogP contribution in [0.15, 0.2) is 84.9 Å². The van der Waals surface area contributed by atoms with E-state index in [0.29, 0.717) is 39.4 Å². The first-order valence-electron chi connectivity index (χ1n) is 22.3. The third-order valence-corrected chi connectivity index (χ3v) is 10.3. The van der Waals surface area contributed by atoms with Crippen molar-refractivity contribution >= 4 is 5.91 Å². The summed E-state index contributed by atoms with van der Waals surface area (Å²) in [4.78, 5) is 13.0. The maximum absolute atomic E-state index is 13.0. The first kappa shape index (κ1) is 45.3. The highest BCUT2D eigenvalue weighted by atomic mass is 16.5. The number of benzene rings is 4. The van der Waals surface area contributed by atoms with E-state index in [4.69, 9.17) is 18.9 Å². The van der Waals surface area contributed by atoms with E-state index in [2.05, 4.69) is 93.7 Å². The normalized spacial score (nSPS) is 11.0. The summed E-state index contributed by atoms with van der Waals surface area (Å²) >= 11 is 0. The molecule has 57 heavy (non-hydrogen) atoms. The van der Waals surface area contributed by atoms with Gasteiger partial charge in [-0.3, -0.25) is 4.79 Å². The van der Waals surface area contributed by atoms with Crippen LogP contribution in [0.4, 0.5) is 0 Å². The van der Waals surface area contributed by atoms with E-state index in [1.807, 2.05) is 24.3 Å². The van der Waals surface area contributed by atoms with Crippen LogP contribution in [0.1, 0.15) is 142 Å². The lowest BCUT2D eigenvalue weighted by Crippen LogP contribution is -2.24. The van der Waals surface area contributed by atoms with E-state index in [-0.39, 0.29) is 5.91 Å². The fourth-order valence-electron chi connectivity index (χ4n) is 6.76. The molecule has 0 aliphatic heterocycles. The molecule has 0 spiro atoms. The van der Waals surface area contributed by atoms with Gasteiger partial charge in [0.25, 0.3) is 0 Å². The zero-order valence-electron chi connectivity index (χ0n) is 35.7. The van der Waals surface area contributed by atoms with Crippen LogP contribution in [0.3, 0.4) is 0 Å². The van der Waals surface area contributed by atoms with E-state index >= 15 is 0 Å². The number of carbonyl (C=O) groups excluding carboxylic acids is 1. The maximum atomic E-state index is 13.0. The van der Waals surface area contributed by atoms with Crippen molar-refractivity contribution in [2.24, 2.45) is 0 Å². The molecule has 310 valence electrons. The Morgan fingerprint density at radius 2 is 0.737 bits per heavy atom. The molecular formula is C51H71NO5. The second-order valence-electron chi connectivity index (χ2n) is 15.4. The zero-order valence-corrected chi connectivity index (χ0v) is 35.7. The van der Waals surface area contributed by atoms with E-state index < -0.39 is 0 Å². The van der Waals surface area contributed by atoms with Crippen molar-refractivity contribution in [2.45, 2.75) is 143 Å². The number of hydrogen-bond donors (Lipinski definition) is 1. The number of nitrogens with one attached hydrogen (secondary N) is 1. The Balaban J connectivity index is 1.33. The fourth-order valence-corrected chi connectivity index (χ4v) is 6.76. The Morgan fingerprint density at radius 3 is 1.07 bits per heavy atom. The van der Waals surface area contributed by atoms with Gasteiger partial charge in [-0.25, -0.2) is 0 Å². The van der Waals surface area contributed by atoms with Crippen LogP contribution < -0.4 is 24.3 Å². The smallest absolute Gasteiger partial charge is 0.224 e. The minimum absolute atomic E-state index is 0.00595. The topological polar surface area (TPSA) is 66.0 Å². The third-order valence-electron chi connectivity index (χ3n) is 10.3. The lowest BCUT2D eigenvalue weighted by molar-refractivity contribution is -0.120. The van der Waals surface area contributed by atoms with Gasteiger partial charge in [0.15, 0.2) is 0 Å². The van der Waals surface area contributed by atoms with Gasteiger partial charge in [0.2, 0.25) is 5.91 Å². The van der Waals surface area contributed by atoms with Gasteiger partial charge in [0.05, 0.1) is 32.8 Å². The highest BCUT2D eigenvalue weighted by Gasteiger charge is 2.10. The molecule has 0 saturated heterocycles. The molecule has 0 bridgehead atoms. The predicted molar refractivity (Wildman–Crippen MR) is 238 cm³/mol. The van der Waals surface area contributed by atoms with Gasteiger partial charge in [0, 0.05) is 18.7 Å². The quantitative estimate of drug-likeness (QED) is 0.0534. The minimum atomic E-state index is -0.00595. The van der Waals surface area contributed by atoms with Crippen LogP contribution in [-0.4, -0.2) is 32.3 Å². The van der Waals surface area contributed by atoms with Crippen LogP contribution in [-0.2, 0) is 17.8 Å². The monoisotopic (exact) mass is 778 g/mol. The molecule has 4 aromatic carbocycles. The van der Waals surface area contributed by atoms with E-state index in [1.54, 1.807) is 0 Å². The van der Waals surface area contributed by atoms with Crippen molar-refractivity contribution in [2.75, 3.05) is 26.4 Å². The number of hydrogen-bond acceptors (Lipinski definition) is 5.